The van der Waals surface area contributed by atoms with Gasteiger partial charge in [0.1, 0.15) is 17.5 Å². The zero-order valence-electron chi connectivity index (χ0n) is 15.1. The van der Waals surface area contributed by atoms with Crippen LogP contribution in [0.15, 0.2) is 29.1 Å². The highest BCUT2D eigenvalue weighted by atomic mass is 19.1. The van der Waals surface area contributed by atoms with Crippen LogP contribution in [-0.4, -0.2) is 39.4 Å². The van der Waals surface area contributed by atoms with E-state index in [0.29, 0.717) is 13.0 Å². The Labute approximate surface area is 159 Å². The molecule has 148 valence electrons. The van der Waals surface area contributed by atoms with Crippen molar-refractivity contribution in [2.45, 2.75) is 38.7 Å². The van der Waals surface area contributed by atoms with E-state index in [4.69, 9.17) is 4.74 Å². The summed E-state index contributed by atoms with van der Waals surface area (Å²) < 4.78 is 34.1. The molecular weight excluding hydrogens is 372 g/mol. The van der Waals surface area contributed by atoms with Gasteiger partial charge in [-0.05, 0) is 19.4 Å². The number of carbonyl (C=O) groups excluding carboxylic acids is 1. The third-order valence-electron chi connectivity index (χ3n) is 5.17. The SMILES string of the molecule is CC1CCOC2Cn3c(NCc4ccc(F)cc4F)cc(=O)c(O)c3C(=O)N12. The van der Waals surface area contributed by atoms with Gasteiger partial charge in [-0.1, -0.05) is 6.07 Å². The summed E-state index contributed by atoms with van der Waals surface area (Å²) in [4.78, 5) is 26.7. The van der Waals surface area contributed by atoms with Crippen LogP contribution >= 0.6 is 0 Å². The van der Waals surface area contributed by atoms with Gasteiger partial charge in [0, 0.05) is 30.3 Å². The Balaban J connectivity index is 1.71. The highest BCUT2D eigenvalue weighted by Gasteiger charge is 2.41. The normalized spacial score (nSPS) is 21.2. The third kappa shape index (κ3) is 3.01. The molecule has 2 aliphatic heterocycles. The largest absolute Gasteiger partial charge is 0.503 e. The van der Waals surface area contributed by atoms with Crippen molar-refractivity contribution in [2.75, 3.05) is 11.9 Å². The lowest BCUT2D eigenvalue weighted by Crippen LogP contribution is -2.57. The molecule has 0 radical (unpaired) electrons. The molecule has 1 aromatic carbocycles. The number of halogens is 2. The van der Waals surface area contributed by atoms with Gasteiger partial charge in [0.05, 0.1) is 13.2 Å². The summed E-state index contributed by atoms with van der Waals surface area (Å²) in [5.74, 6) is -2.28. The number of amides is 1. The average Bonchev–Trinajstić information content (AvgIpc) is 2.64. The molecule has 1 fully saturated rings. The Morgan fingerprint density at radius 1 is 1.29 bits per heavy atom. The second-order valence-electron chi connectivity index (χ2n) is 6.97. The molecule has 1 saturated heterocycles. The number of nitrogens with zero attached hydrogens (tertiary/aromatic N) is 2. The molecule has 0 aliphatic carbocycles. The van der Waals surface area contributed by atoms with Gasteiger partial charge < -0.3 is 24.6 Å². The van der Waals surface area contributed by atoms with E-state index in [9.17, 15) is 23.5 Å². The second-order valence-corrected chi connectivity index (χ2v) is 6.97. The van der Waals surface area contributed by atoms with Crippen LogP contribution in [0.25, 0.3) is 0 Å². The summed E-state index contributed by atoms with van der Waals surface area (Å²) in [5.41, 5.74) is -0.642. The summed E-state index contributed by atoms with van der Waals surface area (Å²) in [6.07, 6.45) is 0.142. The summed E-state index contributed by atoms with van der Waals surface area (Å²) in [6.45, 7) is 2.57. The van der Waals surface area contributed by atoms with Crippen LogP contribution in [0.4, 0.5) is 14.6 Å². The van der Waals surface area contributed by atoms with Crippen LogP contribution < -0.4 is 10.7 Å². The molecule has 0 saturated carbocycles. The van der Waals surface area contributed by atoms with Crippen LogP contribution in [0.3, 0.4) is 0 Å². The molecule has 1 amide bonds. The summed E-state index contributed by atoms with van der Waals surface area (Å²) >= 11 is 0. The molecule has 28 heavy (non-hydrogen) atoms. The lowest BCUT2D eigenvalue weighted by atomic mass is 10.1. The van der Waals surface area contributed by atoms with E-state index in [1.807, 2.05) is 6.92 Å². The van der Waals surface area contributed by atoms with E-state index in [2.05, 4.69) is 5.32 Å². The lowest BCUT2D eigenvalue weighted by Gasteiger charge is -2.44. The Hall–Kier alpha value is -2.94. The average molecular weight is 391 g/mol. The number of carbonyl (C=O) groups is 1. The van der Waals surface area contributed by atoms with Crippen LogP contribution in [0.5, 0.6) is 5.75 Å². The second kappa shape index (κ2) is 6.90. The molecule has 2 atom stereocenters. The van der Waals surface area contributed by atoms with Crippen molar-refractivity contribution >= 4 is 11.7 Å². The zero-order chi connectivity index (χ0) is 20.0. The first-order valence-electron chi connectivity index (χ1n) is 8.95. The quantitative estimate of drug-likeness (QED) is 0.837. The van der Waals surface area contributed by atoms with Crippen molar-refractivity contribution in [2.24, 2.45) is 0 Å². The predicted octanol–water partition coefficient (Wildman–Crippen LogP) is 2.03. The minimum Gasteiger partial charge on any atom is -0.503 e. The number of anilines is 1. The monoisotopic (exact) mass is 391 g/mol. The Kier molecular flexibility index (Phi) is 4.54. The van der Waals surface area contributed by atoms with Gasteiger partial charge in [0.2, 0.25) is 5.43 Å². The van der Waals surface area contributed by atoms with Crippen molar-refractivity contribution < 1.29 is 23.4 Å². The van der Waals surface area contributed by atoms with E-state index >= 15 is 0 Å². The Bertz CT molecular complexity index is 1010. The predicted molar refractivity (Wildman–Crippen MR) is 96.0 cm³/mol. The fourth-order valence-corrected chi connectivity index (χ4v) is 3.67. The number of ether oxygens (including phenoxy) is 1. The molecule has 3 heterocycles. The summed E-state index contributed by atoms with van der Waals surface area (Å²) in [6, 6.07) is 4.27. The number of nitrogens with one attached hydrogen (secondary N) is 1. The highest BCUT2D eigenvalue weighted by molar-refractivity contribution is 5.96. The van der Waals surface area contributed by atoms with Crippen molar-refractivity contribution in [3.8, 4) is 5.75 Å². The molecule has 2 unspecified atom stereocenters. The molecule has 9 heteroatoms. The molecule has 7 nitrogen and oxygen atoms in total. The highest BCUT2D eigenvalue weighted by Crippen LogP contribution is 2.31. The smallest absolute Gasteiger partial charge is 0.276 e. The Morgan fingerprint density at radius 2 is 2.07 bits per heavy atom. The van der Waals surface area contributed by atoms with E-state index in [0.717, 1.165) is 18.2 Å². The van der Waals surface area contributed by atoms with E-state index < -0.39 is 34.9 Å². The van der Waals surface area contributed by atoms with Crippen molar-refractivity contribution in [1.29, 1.82) is 0 Å². The van der Waals surface area contributed by atoms with Crippen molar-refractivity contribution in [1.82, 2.24) is 9.47 Å². The van der Waals surface area contributed by atoms with Gasteiger partial charge in [-0.25, -0.2) is 8.78 Å². The van der Waals surface area contributed by atoms with Gasteiger partial charge in [0.15, 0.2) is 17.7 Å². The number of aromatic nitrogens is 1. The first kappa shape index (κ1) is 18.4. The maximum atomic E-state index is 13.9. The maximum absolute atomic E-state index is 13.9. The number of pyridine rings is 1. The van der Waals surface area contributed by atoms with Crippen LogP contribution in [0.1, 0.15) is 29.4 Å². The maximum Gasteiger partial charge on any atom is 0.276 e. The fourth-order valence-electron chi connectivity index (χ4n) is 3.67. The molecule has 2 aliphatic rings. The van der Waals surface area contributed by atoms with Crippen LogP contribution in [-0.2, 0) is 17.8 Å². The third-order valence-corrected chi connectivity index (χ3v) is 5.17. The van der Waals surface area contributed by atoms with E-state index in [-0.39, 0.29) is 36.2 Å². The number of rotatable bonds is 3. The molecule has 4 rings (SSSR count). The van der Waals surface area contributed by atoms with Gasteiger partial charge in [-0.2, -0.15) is 0 Å². The Morgan fingerprint density at radius 3 is 2.82 bits per heavy atom. The summed E-state index contributed by atoms with van der Waals surface area (Å²) in [7, 11) is 0. The number of benzene rings is 1. The fraction of sp³-hybridized carbons (Fsp3) is 0.368. The minimum absolute atomic E-state index is 0.0321. The number of hydrogen-bond donors (Lipinski definition) is 2. The van der Waals surface area contributed by atoms with Gasteiger partial charge in [0.25, 0.3) is 5.91 Å². The first-order valence-corrected chi connectivity index (χ1v) is 8.95. The lowest BCUT2D eigenvalue weighted by molar-refractivity contribution is -0.111. The van der Waals surface area contributed by atoms with Crippen molar-refractivity contribution in [3.05, 3.63) is 57.4 Å². The van der Waals surface area contributed by atoms with Gasteiger partial charge in [-0.3, -0.25) is 9.59 Å². The standard InChI is InChI=1S/C19H19F2N3O4/c1-10-4-5-28-16-9-23-15(22-8-11-2-3-12(20)6-13(11)21)7-14(25)18(26)17(23)19(27)24(10)16/h2-3,6-7,10,16,22,26H,4-5,8-9H2,1H3. The molecule has 1 aromatic heterocycles. The van der Waals surface area contributed by atoms with Gasteiger partial charge in [-0.15, -0.1) is 0 Å². The molecular formula is C19H19F2N3O4. The molecule has 0 spiro atoms. The number of fused-ring (bicyclic) bond motifs is 2. The topological polar surface area (TPSA) is 83.8 Å². The van der Waals surface area contributed by atoms with E-state index in [1.165, 1.54) is 15.5 Å². The summed E-state index contributed by atoms with van der Waals surface area (Å²) in [5, 5.41) is 13.1. The van der Waals surface area contributed by atoms with Crippen molar-refractivity contribution in [3.63, 3.8) is 0 Å². The molecule has 2 N–H and O–H groups in total. The molecule has 0 bridgehead atoms. The zero-order valence-corrected chi connectivity index (χ0v) is 15.1. The first-order chi connectivity index (χ1) is 13.4. The van der Waals surface area contributed by atoms with E-state index in [1.54, 1.807) is 0 Å². The molecule has 2 aromatic rings. The minimum atomic E-state index is -0.723. The van der Waals surface area contributed by atoms with Crippen LogP contribution in [0, 0.1) is 11.6 Å². The van der Waals surface area contributed by atoms with Crippen LogP contribution in [0.2, 0.25) is 0 Å². The van der Waals surface area contributed by atoms with Gasteiger partial charge >= 0.3 is 0 Å². The number of aromatic hydroxyl groups is 1. The number of hydrogen-bond acceptors (Lipinski definition) is 5.